The topological polar surface area (TPSA) is 34.1 Å². The molecule has 3 nitrogen and oxygen atoms in total. The predicted molar refractivity (Wildman–Crippen MR) is 55.4 cm³/mol. The Morgan fingerprint density at radius 2 is 2.43 bits per heavy atom. The summed E-state index contributed by atoms with van der Waals surface area (Å²) in [5.41, 5.74) is 1.29. The summed E-state index contributed by atoms with van der Waals surface area (Å²) in [5, 5.41) is 3.50. The Balaban J connectivity index is 2.13. The zero-order valence-electron chi connectivity index (χ0n) is 8.49. The van der Waals surface area contributed by atoms with Crippen LogP contribution in [0, 0.1) is 0 Å². The first kappa shape index (κ1) is 9.46. The van der Waals surface area contributed by atoms with Gasteiger partial charge in [-0.25, -0.2) is 4.98 Å². The maximum atomic E-state index is 5.11. The number of rotatable bonds is 2. The fourth-order valence-corrected chi connectivity index (χ4v) is 1.89. The first-order chi connectivity index (χ1) is 6.90. The van der Waals surface area contributed by atoms with Crippen molar-refractivity contribution in [3.8, 4) is 5.88 Å². The molecule has 0 radical (unpaired) electrons. The van der Waals surface area contributed by atoms with Crippen molar-refractivity contribution in [1.82, 2.24) is 10.3 Å². The highest BCUT2D eigenvalue weighted by Crippen LogP contribution is 2.24. The number of hydrogen-bond acceptors (Lipinski definition) is 3. The van der Waals surface area contributed by atoms with Crippen LogP contribution in [0.4, 0.5) is 0 Å². The molecule has 2 rings (SSSR count). The first-order valence-corrected chi connectivity index (χ1v) is 5.13. The van der Waals surface area contributed by atoms with Crippen LogP contribution in [0.2, 0.25) is 0 Å². The van der Waals surface area contributed by atoms with Crippen LogP contribution < -0.4 is 10.1 Å². The van der Waals surface area contributed by atoms with Crippen molar-refractivity contribution in [1.29, 1.82) is 0 Å². The molecule has 1 N–H and O–H groups in total. The van der Waals surface area contributed by atoms with Gasteiger partial charge in [-0.1, -0.05) is 6.42 Å². The van der Waals surface area contributed by atoms with E-state index < -0.39 is 0 Å². The third-order valence-electron chi connectivity index (χ3n) is 2.68. The second-order valence-electron chi connectivity index (χ2n) is 3.63. The van der Waals surface area contributed by atoms with Gasteiger partial charge in [-0.05, 0) is 31.0 Å². The lowest BCUT2D eigenvalue weighted by atomic mass is 9.98. The minimum absolute atomic E-state index is 0.487. The van der Waals surface area contributed by atoms with Crippen molar-refractivity contribution in [3.05, 3.63) is 23.9 Å². The predicted octanol–water partition coefficient (Wildman–Crippen LogP) is 1.90. The lowest BCUT2D eigenvalue weighted by molar-refractivity contribution is 0.388. The molecule has 3 heteroatoms. The summed E-state index contributed by atoms with van der Waals surface area (Å²) in [7, 11) is 1.65. The molecular formula is C11H16N2O. The standard InChI is InChI=1S/C11H16N2O/c1-14-11-8-9(5-7-13-11)10-4-2-3-6-12-10/h5,7-8,10,12H,2-4,6H2,1H3/t10-/m0/s1. The van der Waals surface area contributed by atoms with Crippen molar-refractivity contribution >= 4 is 0 Å². The molecule has 76 valence electrons. The molecule has 1 aliphatic heterocycles. The van der Waals surface area contributed by atoms with Gasteiger partial charge in [0.1, 0.15) is 0 Å². The fraction of sp³-hybridized carbons (Fsp3) is 0.545. The molecule has 1 aromatic rings. The summed E-state index contributed by atoms with van der Waals surface area (Å²) in [6.07, 6.45) is 5.62. The minimum Gasteiger partial charge on any atom is -0.481 e. The number of pyridine rings is 1. The zero-order valence-corrected chi connectivity index (χ0v) is 8.49. The van der Waals surface area contributed by atoms with Gasteiger partial charge in [-0.15, -0.1) is 0 Å². The van der Waals surface area contributed by atoms with E-state index in [1.54, 1.807) is 7.11 Å². The third kappa shape index (κ3) is 2.04. The van der Waals surface area contributed by atoms with Crippen molar-refractivity contribution in [3.63, 3.8) is 0 Å². The van der Waals surface area contributed by atoms with Crippen LogP contribution in [0.3, 0.4) is 0 Å². The average molecular weight is 192 g/mol. The normalized spacial score (nSPS) is 21.9. The Morgan fingerprint density at radius 1 is 1.50 bits per heavy atom. The number of ether oxygens (including phenoxy) is 1. The van der Waals surface area contributed by atoms with Gasteiger partial charge in [0.15, 0.2) is 0 Å². The highest BCUT2D eigenvalue weighted by atomic mass is 16.5. The summed E-state index contributed by atoms with van der Waals surface area (Å²) in [4.78, 5) is 4.10. The highest BCUT2D eigenvalue weighted by molar-refractivity contribution is 5.23. The molecule has 1 atom stereocenters. The summed E-state index contributed by atoms with van der Waals surface area (Å²) >= 11 is 0. The van der Waals surface area contributed by atoms with Crippen LogP contribution in [-0.4, -0.2) is 18.6 Å². The molecule has 1 aromatic heterocycles. The van der Waals surface area contributed by atoms with Gasteiger partial charge < -0.3 is 10.1 Å². The van der Waals surface area contributed by atoms with Gasteiger partial charge >= 0.3 is 0 Å². The van der Waals surface area contributed by atoms with Crippen molar-refractivity contribution < 1.29 is 4.74 Å². The van der Waals surface area contributed by atoms with E-state index >= 15 is 0 Å². The highest BCUT2D eigenvalue weighted by Gasteiger charge is 2.14. The number of hydrogen-bond donors (Lipinski definition) is 1. The fourth-order valence-electron chi connectivity index (χ4n) is 1.89. The summed E-state index contributed by atoms with van der Waals surface area (Å²) in [6, 6.07) is 4.56. The number of nitrogens with zero attached hydrogens (tertiary/aromatic N) is 1. The van der Waals surface area contributed by atoms with Crippen LogP contribution >= 0.6 is 0 Å². The lowest BCUT2D eigenvalue weighted by Crippen LogP contribution is -2.26. The molecule has 14 heavy (non-hydrogen) atoms. The second kappa shape index (κ2) is 4.42. The molecule has 0 aliphatic carbocycles. The Kier molecular flexibility index (Phi) is 2.99. The van der Waals surface area contributed by atoms with Gasteiger partial charge in [0.25, 0.3) is 0 Å². The number of piperidine rings is 1. The Morgan fingerprint density at radius 3 is 3.14 bits per heavy atom. The average Bonchev–Trinajstić information content (AvgIpc) is 2.30. The molecule has 1 saturated heterocycles. The van der Waals surface area contributed by atoms with Gasteiger partial charge in [0.2, 0.25) is 5.88 Å². The quantitative estimate of drug-likeness (QED) is 0.777. The smallest absolute Gasteiger partial charge is 0.213 e. The van der Waals surface area contributed by atoms with Gasteiger partial charge in [-0.3, -0.25) is 0 Å². The maximum absolute atomic E-state index is 5.11. The van der Waals surface area contributed by atoms with E-state index in [9.17, 15) is 0 Å². The van der Waals surface area contributed by atoms with E-state index in [0.717, 1.165) is 6.54 Å². The SMILES string of the molecule is COc1cc([C@@H]2CCCCN2)ccn1. The van der Waals surface area contributed by atoms with E-state index in [1.165, 1.54) is 24.8 Å². The maximum Gasteiger partial charge on any atom is 0.213 e. The van der Waals surface area contributed by atoms with Crippen molar-refractivity contribution in [2.75, 3.05) is 13.7 Å². The molecule has 0 spiro atoms. The first-order valence-electron chi connectivity index (χ1n) is 5.13. The Hall–Kier alpha value is -1.09. The number of methoxy groups -OCH3 is 1. The largest absolute Gasteiger partial charge is 0.481 e. The Labute approximate surface area is 84.5 Å². The van der Waals surface area contributed by atoms with Crippen LogP contribution in [-0.2, 0) is 0 Å². The Bertz CT molecular complexity index is 295. The molecule has 1 aliphatic rings. The van der Waals surface area contributed by atoms with Crippen LogP contribution in [0.25, 0.3) is 0 Å². The summed E-state index contributed by atoms with van der Waals surface area (Å²) in [5.74, 6) is 0.704. The van der Waals surface area contributed by atoms with E-state index in [0.29, 0.717) is 11.9 Å². The number of nitrogens with one attached hydrogen (secondary N) is 1. The van der Waals surface area contributed by atoms with E-state index in [-0.39, 0.29) is 0 Å². The lowest BCUT2D eigenvalue weighted by Gasteiger charge is -2.23. The number of aromatic nitrogens is 1. The van der Waals surface area contributed by atoms with Gasteiger partial charge in [-0.2, -0.15) is 0 Å². The molecule has 0 amide bonds. The van der Waals surface area contributed by atoms with E-state index in [2.05, 4.69) is 16.4 Å². The van der Waals surface area contributed by atoms with Crippen LogP contribution in [0.15, 0.2) is 18.3 Å². The van der Waals surface area contributed by atoms with Gasteiger partial charge in [0, 0.05) is 18.3 Å². The van der Waals surface area contributed by atoms with Crippen LogP contribution in [0.5, 0.6) is 5.88 Å². The summed E-state index contributed by atoms with van der Waals surface area (Å²) in [6.45, 7) is 1.12. The molecule has 0 aromatic carbocycles. The zero-order chi connectivity index (χ0) is 9.80. The molecule has 0 bridgehead atoms. The molecular weight excluding hydrogens is 176 g/mol. The summed E-state index contributed by atoms with van der Waals surface area (Å²) < 4.78 is 5.11. The van der Waals surface area contributed by atoms with E-state index in [4.69, 9.17) is 4.74 Å². The monoisotopic (exact) mass is 192 g/mol. The minimum atomic E-state index is 0.487. The molecule has 1 fully saturated rings. The van der Waals surface area contributed by atoms with Crippen molar-refractivity contribution in [2.24, 2.45) is 0 Å². The van der Waals surface area contributed by atoms with Gasteiger partial charge in [0.05, 0.1) is 7.11 Å². The van der Waals surface area contributed by atoms with E-state index in [1.807, 2.05) is 12.3 Å². The molecule has 0 unspecified atom stereocenters. The second-order valence-corrected chi connectivity index (χ2v) is 3.63. The molecule has 2 heterocycles. The molecule has 0 saturated carbocycles. The van der Waals surface area contributed by atoms with Crippen LogP contribution in [0.1, 0.15) is 30.9 Å². The third-order valence-corrected chi connectivity index (χ3v) is 2.68. The van der Waals surface area contributed by atoms with Crippen molar-refractivity contribution in [2.45, 2.75) is 25.3 Å².